The molecule has 0 N–H and O–H groups in total. The lowest BCUT2D eigenvalue weighted by Gasteiger charge is -2.30. The van der Waals surface area contributed by atoms with Crippen LogP contribution in [0.1, 0.15) is 11.8 Å². The van der Waals surface area contributed by atoms with E-state index in [0.717, 1.165) is 4.88 Å². The zero-order valence-electron chi connectivity index (χ0n) is 11.7. The Labute approximate surface area is 131 Å². The fraction of sp³-hybridized carbons (Fsp3) is 0.312. The molecule has 3 rings (SSSR count). The molecule has 110 valence electrons. The second-order valence-electron chi connectivity index (χ2n) is 5.25. The Morgan fingerprint density at radius 2 is 2.05 bits per heavy atom. The van der Waals surface area contributed by atoms with Crippen molar-refractivity contribution in [1.82, 2.24) is 0 Å². The summed E-state index contributed by atoms with van der Waals surface area (Å²) in [6.45, 7) is 2.99. The van der Waals surface area contributed by atoms with Gasteiger partial charge in [-0.2, -0.15) is 0 Å². The van der Waals surface area contributed by atoms with Crippen LogP contribution in [-0.2, 0) is 14.3 Å². The van der Waals surface area contributed by atoms with E-state index in [1.54, 1.807) is 28.7 Å². The lowest BCUT2D eigenvalue weighted by molar-refractivity contribution is -0.168. The third-order valence-corrected chi connectivity index (χ3v) is 5.51. The molecule has 2 aromatic heterocycles. The zero-order chi connectivity index (χ0) is 14.7. The molecule has 21 heavy (non-hydrogen) atoms. The molecule has 0 unspecified atom stereocenters. The predicted molar refractivity (Wildman–Crippen MR) is 86.6 cm³/mol. The van der Waals surface area contributed by atoms with E-state index < -0.39 is 5.41 Å². The van der Waals surface area contributed by atoms with Crippen LogP contribution in [0.15, 0.2) is 35.7 Å². The van der Waals surface area contributed by atoms with E-state index in [9.17, 15) is 4.79 Å². The van der Waals surface area contributed by atoms with Gasteiger partial charge in [0.05, 0.1) is 18.6 Å². The summed E-state index contributed by atoms with van der Waals surface area (Å²) in [7, 11) is 0. The molecular weight excluding hydrogens is 304 g/mol. The van der Waals surface area contributed by atoms with E-state index in [4.69, 9.17) is 9.47 Å². The molecule has 3 heterocycles. The molecule has 0 amide bonds. The summed E-state index contributed by atoms with van der Waals surface area (Å²) in [6, 6.07) is 8.28. The minimum atomic E-state index is -0.567. The van der Waals surface area contributed by atoms with Gasteiger partial charge in [0.1, 0.15) is 6.79 Å². The van der Waals surface area contributed by atoms with Crippen LogP contribution < -0.4 is 0 Å². The highest BCUT2D eigenvalue weighted by Gasteiger charge is 2.34. The molecule has 0 aliphatic carbocycles. The van der Waals surface area contributed by atoms with Crippen molar-refractivity contribution in [1.29, 1.82) is 0 Å². The standard InChI is InChI=1S/C16H16O3S2/c1-16(9-18-11-19-10-16)15(17)7-5-12-4-6-14(21-12)13-3-2-8-20-13/h2-8H,9-11H2,1H3/b7-5+. The summed E-state index contributed by atoms with van der Waals surface area (Å²) in [6.07, 6.45) is 3.52. The molecule has 0 aromatic carbocycles. The van der Waals surface area contributed by atoms with Crippen LogP contribution >= 0.6 is 22.7 Å². The third kappa shape index (κ3) is 3.32. The van der Waals surface area contributed by atoms with Crippen molar-refractivity contribution in [2.75, 3.05) is 20.0 Å². The van der Waals surface area contributed by atoms with E-state index in [-0.39, 0.29) is 12.6 Å². The monoisotopic (exact) mass is 320 g/mol. The number of carbonyl (C=O) groups is 1. The first-order chi connectivity index (χ1) is 10.2. The lowest BCUT2D eigenvalue weighted by Crippen LogP contribution is -2.40. The van der Waals surface area contributed by atoms with Crippen molar-refractivity contribution < 1.29 is 14.3 Å². The van der Waals surface area contributed by atoms with Crippen molar-refractivity contribution in [3.05, 3.63) is 40.6 Å². The number of hydrogen-bond acceptors (Lipinski definition) is 5. The van der Waals surface area contributed by atoms with Gasteiger partial charge in [0, 0.05) is 14.6 Å². The van der Waals surface area contributed by atoms with E-state index in [2.05, 4.69) is 17.5 Å². The predicted octanol–water partition coefficient (Wildman–Crippen LogP) is 4.07. The fourth-order valence-electron chi connectivity index (χ4n) is 2.13. The van der Waals surface area contributed by atoms with Crippen molar-refractivity contribution in [2.24, 2.45) is 5.41 Å². The zero-order valence-corrected chi connectivity index (χ0v) is 13.3. The molecule has 0 radical (unpaired) electrons. The Hall–Kier alpha value is -1.27. The SMILES string of the molecule is CC1(C(=O)/C=C/c2ccc(-c3cccs3)s2)COCOC1. The van der Waals surface area contributed by atoms with E-state index in [0.29, 0.717) is 13.2 Å². The van der Waals surface area contributed by atoms with Gasteiger partial charge >= 0.3 is 0 Å². The molecule has 3 nitrogen and oxygen atoms in total. The molecule has 2 aromatic rings. The van der Waals surface area contributed by atoms with Crippen LogP contribution in [0.5, 0.6) is 0 Å². The molecule has 0 saturated carbocycles. The maximum absolute atomic E-state index is 12.3. The Balaban J connectivity index is 1.70. The largest absolute Gasteiger partial charge is 0.354 e. The maximum atomic E-state index is 12.3. The van der Waals surface area contributed by atoms with Gasteiger partial charge in [-0.1, -0.05) is 6.07 Å². The van der Waals surface area contributed by atoms with Crippen molar-refractivity contribution in [3.8, 4) is 9.75 Å². The summed E-state index contributed by atoms with van der Waals surface area (Å²) in [4.78, 5) is 15.9. The quantitative estimate of drug-likeness (QED) is 0.797. The summed E-state index contributed by atoms with van der Waals surface area (Å²) >= 11 is 3.41. The molecule has 0 atom stereocenters. The van der Waals surface area contributed by atoms with Gasteiger partial charge in [0.25, 0.3) is 0 Å². The number of thiophene rings is 2. The van der Waals surface area contributed by atoms with E-state index in [1.165, 1.54) is 9.75 Å². The highest BCUT2D eigenvalue weighted by atomic mass is 32.1. The van der Waals surface area contributed by atoms with Gasteiger partial charge in [-0.25, -0.2) is 0 Å². The van der Waals surface area contributed by atoms with Crippen LogP contribution in [-0.4, -0.2) is 25.8 Å². The van der Waals surface area contributed by atoms with Crippen LogP contribution in [0.3, 0.4) is 0 Å². The van der Waals surface area contributed by atoms with Crippen molar-refractivity contribution in [2.45, 2.75) is 6.92 Å². The molecule has 1 aliphatic rings. The smallest absolute Gasteiger partial charge is 0.166 e. The Kier molecular flexibility index (Phi) is 4.35. The van der Waals surface area contributed by atoms with Crippen LogP contribution in [0.2, 0.25) is 0 Å². The summed E-state index contributed by atoms with van der Waals surface area (Å²) in [5, 5.41) is 2.07. The number of rotatable bonds is 4. The first-order valence-electron chi connectivity index (χ1n) is 6.69. The number of allylic oxidation sites excluding steroid dienone is 1. The van der Waals surface area contributed by atoms with Crippen LogP contribution in [0, 0.1) is 5.41 Å². The normalized spacial score (nSPS) is 18.1. The Morgan fingerprint density at radius 3 is 2.76 bits per heavy atom. The van der Waals surface area contributed by atoms with Crippen LogP contribution in [0.25, 0.3) is 15.8 Å². The van der Waals surface area contributed by atoms with Gasteiger partial charge in [-0.05, 0) is 42.7 Å². The average molecular weight is 320 g/mol. The lowest BCUT2D eigenvalue weighted by atomic mass is 9.87. The minimum absolute atomic E-state index is 0.0493. The molecule has 1 fully saturated rings. The number of hydrogen-bond donors (Lipinski definition) is 0. The van der Waals surface area contributed by atoms with Crippen LogP contribution in [0.4, 0.5) is 0 Å². The highest BCUT2D eigenvalue weighted by Crippen LogP contribution is 2.32. The summed E-state index contributed by atoms with van der Waals surface area (Å²) in [5.74, 6) is 0.0493. The Bertz CT molecular complexity index is 634. The second-order valence-corrected chi connectivity index (χ2v) is 7.32. The molecular formula is C16H16O3S2. The van der Waals surface area contributed by atoms with Gasteiger partial charge in [0.2, 0.25) is 0 Å². The highest BCUT2D eigenvalue weighted by molar-refractivity contribution is 7.21. The maximum Gasteiger partial charge on any atom is 0.166 e. The number of ketones is 1. The van der Waals surface area contributed by atoms with Gasteiger partial charge in [0.15, 0.2) is 5.78 Å². The number of carbonyl (C=O) groups excluding carboxylic acids is 1. The summed E-state index contributed by atoms with van der Waals surface area (Å²) in [5.41, 5.74) is -0.567. The van der Waals surface area contributed by atoms with E-state index in [1.807, 2.05) is 25.1 Å². The summed E-state index contributed by atoms with van der Waals surface area (Å²) < 4.78 is 10.5. The van der Waals surface area contributed by atoms with Crippen molar-refractivity contribution >= 4 is 34.5 Å². The molecule has 5 heteroatoms. The average Bonchev–Trinajstić information content (AvgIpc) is 3.16. The van der Waals surface area contributed by atoms with Gasteiger partial charge < -0.3 is 9.47 Å². The minimum Gasteiger partial charge on any atom is -0.354 e. The molecule has 1 saturated heterocycles. The molecule has 0 spiro atoms. The second kappa shape index (κ2) is 6.23. The number of ether oxygens (including phenoxy) is 2. The third-order valence-electron chi connectivity index (χ3n) is 3.39. The van der Waals surface area contributed by atoms with E-state index >= 15 is 0 Å². The van der Waals surface area contributed by atoms with Gasteiger partial charge in [-0.15, -0.1) is 22.7 Å². The van der Waals surface area contributed by atoms with Gasteiger partial charge in [-0.3, -0.25) is 4.79 Å². The topological polar surface area (TPSA) is 35.5 Å². The fourth-order valence-corrected chi connectivity index (χ4v) is 3.87. The van der Waals surface area contributed by atoms with Crippen molar-refractivity contribution in [3.63, 3.8) is 0 Å². The first kappa shape index (κ1) is 14.7. The molecule has 0 bridgehead atoms. The Morgan fingerprint density at radius 1 is 1.24 bits per heavy atom. The first-order valence-corrected chi connectivity index (χ1v) is 8.39. The molecule has 1 aliphatic heterocycles.